The fraction of sp³-hybridized carbons (Fsp3) is 0.565. The van der Waals surface area contributed by atoms with Crippen LogP contribution in [0.4, 0.5) is 0 Å². The van der Waals surface area contributed by atoms with Gasteiger partial charge in [-0.3, -0.25) is 14.5 Å². The topological polar surface area (TPSA) is 104 Å². The van der Waals surface area contributed by atoms with E-state index in [2.05, 4.69) is 44.8 Å². The minimum absolute atomic E-state index is 0.136. The standard InChI is InChI=1S/C23H32N6O3/c1-23(2,3)20(22(32)28-14-18(30)9-19(28)21(31)24-4)29-13-17(25-26-29)12-27-10-15-7-5-6-8-16(15)11-27/h5-8,13,18-20,30H,9-12,14H2,1-4H3,(H,24,31)/t18?,19-,20?/m1/s1. The SMILES string of the molecule is CNC(=O)[C@H]1CC(O)CN1C(=O)C(n1cc(CN2Cc3ccccc3C2)nn1)C(C)(C)C. The van der Waals surface area contributed by atoms with Crippen molar-refractivity contribution in [1.82, 2.24) is 30.1 Å². The number of likely N-dealkylation sites (N-methyl/N-ethyl adjacent to an activating group) is 1. The van der Waals surface area contributed by atoms with E-state index in [0.29, 0.717) is 6.54 Å². The summed E-state index contributed by atoms with van der Waals surface area (Å²) in [6.45, 7) is 8.41. The van der Waals surface area contributed by atoms with E-state index in [4.69, 9.17) is 0 Å². The fourth-order valence-corrected chi connectivity index (χ4v) is 4.77. The number of aromatic nitrogens is 3. The molecule has 0 radical (unpaired) electrons. The van der Waals surface area contributed by atoms with Crippen LogP contribution in [-0.4, -0.2) is 67.5 Å². The molecule has 4 rings (SSSR count). The molecule has 2 N–H and O–H groups in total. The Kier molecular flexibility index (Phi) is 6.05. The van der Waals surface area contributed by atoms with Crippen LogP contribution in [0.3, 0.4) is 0 Å². The second-order valence-electron chi connectivity index (χ2n) is 9.88. The number of nitrogens with one attached hydrogen (secondary N) is 1. The number of amides is 2. The van der Waals surface area contributed by atoms with E-state index in [1.54, 1.807) is 4.68 Å². The van der Waals surface area contributed by atoms with Crippen molar-refractivity contribution in [2.24, 2.45) is 5.41 Å². The van der Waals surface area contributed by atoms with Gasteiger partial charge in [-0.25, -0.2) is 4.68 Å². The number of carbonyl (C=O) groups is 2. The molecule has 32 heavy (non-hydrogen) atoms. The number of β-amino-alcohol motifs (C(OH)–C–C–N with tert-alkyl or cyclic N) is 1. The Bertz CT molecular complexity index is 973. The van der Waals surface area contributed by atoms with Crippen LogP contribution < -0.4 is 5.32 Å². The number of benzene rings is 1. The molecule has 0 saturated carbocycles. The molecule has 172 valence electrons. The van der Waals surface area contributed by atoms with E-state index in [-0.39, 0.29) is 24.8 Å². The molecule has 9 heteroatoms. The molecule has 3 atom stereocenters. The highest BCUT2D eigenvalue weighted by Gasteiger charge is 2.45. The molecule has 2 unspecified atom stereocenters. The van der Waals surface area contributed by atoms with Gasteiger partial charge in [-0.15, -0.1) is 5.10 Å². The molecule has 2 aromatic rings. The van der Waals surface area contributed by atoms with Gasteiger partial charge in [0.2, 0.25) is 11.8 Å². The summed E-state index contributed by atoms with van der Waals surface area (Å²) in [6, 6.07) is 7.08. The third kappa shape index (κ3) is 4.40. The van der Waals surface area contributed by atoms with Gasteiger partial charge < -0.3 is 15.3 Å². The predicted molar refractivity (Wildman–Crippen MR) is 118 cm³/mol. The Morgan fingerprint density at radius 2 is 1.88 bits per heavy atom. The van der Waals surface area contributed by atoms with E-state index < -0.39 is 23.6 Å². The molecule has 2 amide bonds. The lowest BCUT2D eigenvalue weighted by atomic mass is 9.85. The first-order chi connectivity index (χ1) is 15.2. The number of carbonyl (C=O) groups excluding carboxylic acids is 2. The summed E-state index contributed by atoms with van der Waals surface area (Å²) < 4.78 is 1.62. The second kappa shape index (κ2) is 8.63. The number of likely N-dealkylation sites (tertiary alicyclic amines) is 1. The van der Waals surface area contributed by atoms with Crippen molar-refractivity contribution in [3.8, 4) is 0 Å². The number of nitrogens with zero attached hydrogens (tertiary/aromatic N) is 5. The van der Waals surface area contributed by atoms with Crippen molar-refractivity contribution >= 4 is 11.8 Å². The van der Waals surface area contributed by atoms with Crippen LogP contribution in [0.25, 0.3) is 0 Å². The van der Waals surface area contributed by atoms with Crippen LogP contribution in [0.15, 0.2) is 30.5 Å². The Morgan fingerprint density at radius 3 is 2.47 bits per heavy atom. The van der Waals surface area contributed by atoms with Crippen molar-refractivity contribution in [2.45, 2.75) is 65.0 Å². The van der Waals surface area contributed by atoms with Crippen molar-refractivity contribution in [3.05, 3.63) is 47.3 Å². The summed E-state index contributed by atoms with van der Waals surface area (Å²) in [5, 5.41) is 21.4. The van der Waals surface area contributed by atoms with Gasteiger partial charge in [0.15, 0.2) is 0 Å². The van der Waals surface area contributed by atoms with Gasteiger partial charge in [0.05, 0.1) is 18.0 Å². The van der Waals surface area contributed by atoms with Crippen molar-refractivity contribution in [3.63, 3.8) is 0 Å². The minimum Gasteiger partial charge on any atom is -0.391 e. The molecular formula is C23H32N6O3. The zero-order chi connectivity index (χ0) is 23.0. The Labute approximate surface area is 188 Å². The smallest absolute Gasteiger partial charge is 0.248 e. The number of rotatable bonds is 5. The number of hydrogen-bond donors (Lipinski definition) is 2. The summed E-state index contributed by atoms with van der Waals surface area (Å²) in [6.07, 6.45) is 1.35. The minimum atomic E-state index is -0.718. The summed E-state index contributed by atoms with van der Waals surface area (Å²) in [5.74, 6) is -0.497. The van der Waals surface area contributed by atoms with Gasteiger partial charge >= 0.3 is 0 Å². The third-order valence-corrected chi connectivity index (χ3v) is 6.28. The van der Waals surface area contributed by atoms with Crippen LogP contribution in [0, 0.1) is 5.41 Å². The van der Waals surface area contributed by atoms with Crippen molar-refractivity contribution in [2.75, 3.05) is 13.6 Å². The van der Waals surface area contributed by atoms with Crippen molar-refractivity contribution in [1.29, 1.82) is 0 Å². The molecule has 3 heterocycles. The van der Waals surface area contributed by atoms with E-state index in [0.717, 1.165) is 18.8 Å². The summed E-state index contributed by atoms with van der Waals surface area (Å²) in [7, 11) is 1.54. The van der Waals surface area contributed by atoms with Crippen molar-refractivity contribution < 1.29 is 14.7 Å². The van der Waals surface area contributed by atoms with Gasteiger partial charge in [-0.05, 0) is 16.5 Å². The van der Waals surface area contributed by atoms with E-state index in [9.17, 15) is 14.7 Å². The molecule has 1 aromatic carbocycles. The third-order valence-electron chi connectivity index (χ3n) is 6.28. The highest BCUT2D eigenvalue weighted by atomic mass is 16.3. The molecule has 0 aliphatic carbocycles. The molecule has 9 nitrogen and oxygen atoms in total. The van der Waals surface area contributed by atoms with E-state index in [1.807, 2.05) is 27.0 Å². The van der Waals surface area contributed by atoms with Gasteiger partial charge in [-0.1, -0.05) is 50.3 Å². The summed E-state index contributed by atoms with van der Waals surface area (Å²) >= 11 is 0. The maximum atomic E-state index is 13.6. The monoisotopic (exact) mass is 440 g/mol. The molecule has 1 fully saturated rings. The quantitative estimate of drug-likeness (QED) is 0.721. The highest BCUT2D eigenvalue weighted by molar-refractivity contribution is 5.90. The largest absolute Gasteiger partial charge is 0.391 e. The van der Waals surface area contributed by atoms with E-state index in [1.165, 1.54) is 23.1 Å². The Morgan fingerprint density at radius 1 is 1.22 bits per heavy atom. The fourth-order valence-electron chi connectivity index (χ4n) is 4.77. The Balaban J connectivity index is 1.53. The zero-order valence-corrected chi connectivity index (χ0v) is 19.2. The predicted octanol–water partition coefficient (Wildman–Crippen LogP) is 1.09. The first-order valence-electron chi connectivity index (χ1n) is 11.1. The average Bonchev–Trinajstić information content (AvgIpc) is 3.44. The molecule has 0 spiro atoms. The number of aliphatic hydroxyl groups excluding tert-OH is 1. The molecule has 0 bridgehead atoms. The number of fused-ring (bicyclic) bond motifs is 1. The summed E-state index contributed by atoms with van der Waals surface area (Å²) in [4.78, 5) is 29.7. The summed E-state index contributed by atoms with van der Waals surface area (Å²) in [5.41, 5.74) is 2.99. The lowest BCUT2D eigenvalue weighted by Gasteiger charge is -2.34. The number of aliphatic hydroxyl groups is 1. The van der Waals surface area contributed by atoms with Gasteiger partial charge in [0.25, 0.3) is 0 Å². The molecule has 2 aliphatic heterocycles. The normalized spacial score (nSPS) is 22.1. The maximum Gasteiger partial charge on any atom is 0.248 e. The Hall–Kier alpha value is -2.78. The average molecular weight is 441 g/mol. The highest BCUT2D eigenvalue weighted by Crippen LogP contribution is 2.34. The lowest BCUT2D eigenvalue weighted by Crippen LogP contribution is -2.49. The van der Waals surface area contributed by atoms with Gasteiger partial charge in [0, 0.05) is 39.6 Å². The zero-order valence-electron chi connectivity index (χ0n) is 19.2. The lowest BCUT2D eigenvalue weighted by molar-refractivity contribution is -0.144. The van der Waals surface area contributed by atoms with Crippen LogP contribution >= 0.6 is 0 Å². The first kappa shape index (κ1) is 22.4. The van der Waals surface area contributed by atoms with Crippen LogP contribution in [0.1, 0.15) is 50.1 Å². The van der Waals surface area contributed by atoms with Crippen LogP contribution in [0.5, 0.6) is 0 Å². The molecular weight excluding hydrogens is 408 g/mol. The second-order valence-corrected chi connectivity index (χ2v) is 9.88. The van der Waals surface area contributed by atoms with Gasteiger partial charge in [-0.2, -0.15) is 0 Å². The first-order valence-corrected chi connectivity index (χ1v) is 11.1. The van der Waals surface area contributed by atoms with Gasteiger partial charge in [0.1, 0.15) is 12.1 Å². The molecule has 2 aliphatic rings. The maximum absolute atomic E-state index is 13.6. The van der Waals surface area contributed by atoms with E-state index >= 15 is 0 Å². The van der Waals surface area contributed by atoms with Crippen LogP contribution in [-0.2, 0) is 29.2 Å². The van der Waals surface area contributed by atoms with Crippen LogP contribution in [0.2, 0.25) is 0 Å². The molecule has 1 aromatic heterocycles. The molecule has 1 saturated heterocycles. The number of hydrogen-bond acceptors (Lipinski definition) is 6.